The molecule has 1 aromatic carbocycles. The number of hydrogen-bond acceptors (Lipinski definition) is 2. The summed E-state index contributed by atoms with van der Waals surface area (Å²) in [5.41, 5.74) is 7.15. The van der Waals surface area contributed by atoms with Crippen LogP contribution in [0.1, 0.15) is 44.6 Å². The van der Waals surface area contributed by atoms with Crippen LogP contribution in [-0.2, 0) is 4.79 Å². The minimum absolute atomic E-state index is 0.0285. The summed E-state index contributed by atoms with van der Waals surface area (Å²) in [4.78, 5) is 10.7. The predicted octanol–water partition coefficient (Wildman–Crippen LogP) is 3.66. The Morgan fingerprint density at radius 1 is 1.47 bits per heavy atom. The molecule has 0 aliphatic rings. The second-order valence-electron chi connectivity index (χ2n) is 5.12. The molecule has 0 bridgehead atoms. The van der Waals surface area contributed by atoms with E-state index in [4.69, 9.17) is 22.4 Å². The summed E-state index contributed by atoms with van der Waals surface area (Å²) in [6, 6.07) is 7.51. The first-order chi connectivity index (χ1) is 8.93. The number of nitrogens with two attached hydrogens (primary N) is 1. The van der Waals surface area contributed by atoms with Crippen molar-refractivity contribution in [3.63, 3.8) is 0 Å². The van der Waals surface area contributed by atoms with Crippen LogP contribution in [0.25, 0.3) is 0 Å². The molecule has 106 valence electrons. The average molecular weight is 284 g/mol. The van der Waals surface area contributed by atoms with Gasteiger partial charge in [0.1, 0.15) is 0 Å². The molecule has 0 spiro atoms. The highest BCUT2D eigenvalue weighted by molar-refractivity contribution is 6.30. The van der Waals surface area contributed by atoms with Crippen LogP contribution in [0, 0.1) is 5.92 Å². The number of aliphatic carboxylic acids is 1. The highest BCUT2D eigenvalue weighted by Crippen LogP contribution is 2.28. The lowest BCUT2D eigenvalue weighted by Crippen LogP contribution is -2.33. The van der Waals surface area contributed by atoms with Gasteiger partial charge in [-0.3, -0.25) is 4.79 Å². The van der Waals surface area contributed by atoms with Crippen LogP contribution >= 0.6 is 11.6 Å². The fourth-order valence-electron chi connectivity index (χ4n) is 2.42. The van der Waals surface area contributed by atoms with E-state index in [0.717, 1.165) is 17.9 Å². The number of benzene rings is 1. The molecule has 3 N–H and O–H groups in total. The van der Waals surface area contributed by atoms with Gasteiger partial charge in [-0.2, -0.15) is 0 Å². The lowest BCUT2D eigenvalue weighted by Gasteiger charge is -2.25. The van der Waals surface area contributed by atoms with Gasteiger partial charge in [0.25, 0.3) is 0 Å². The van der Waals surface area contributed by atoms with Crippen molar-refractivity contribution >= 4 is 17.6 Å². The maximum absolute atomic E-state index is 10.7. The Morgan fingerprint density at radius 3 is 2.68 bits per heavy atom. The summed E-state index contributed by atoms with van der Waals surface area (Å²) in [6.07, 6.45) is 1.80. The van der Waals surface area contributed by atoms with Gasteiger partial charge in [0.05, 0.1) is 6.42 Å². The quantitative estimate of drug-likeness (QED) is 0.803. The van der Waals surface area contributed by atoms with Gasteiger partial charge in [-0.15, -0.1) is 0 Å². The minimum Gasteiger partial charge on any atom is -0.481 e. The zero-order chi connectivity index (χ0) is 14.4. The smallest absolute Gasteiger partial charge is 0.304 e. The summed E-state index contributed by atoms with van der Waals surface area (Å²) in [5.74, 6) is -0.296. The first-order valence-electron chi connectivity index (χ1n) is 6.66. The van der Waals surface area contributed by atoms with Crippen LogP contribution in [0.2, 0.25) is 5.02 Å². The van der Waals surface area contributed by atoms with Crippen molar-refractivity contribution in [1.82, 2.24) is 0 Å². The van der Waals surface area contributed by atoms with Gasteiger partial charge in [-0.25, -0.2) is 0 Å². The molecule has 0 aliphatic carbocycles. The lowest BCUT2D eigenvalue weighted by atomic mass is 9.84. The molecule has 0 saturated carbocycles. The van der Waals surface area contributed by atoms with E-state index in [1.807, 2.05) is 24.3 Å². The predicted molar refractivity (Wildman–Crippen MR) is 78.5 cm³/mol. The standard InChI is InChI=1S/C15H22ClNO2/c1-3-11(14(17)9-15(18)19)7-10(2)12-5-4-6-13(16)8-12/h4-6,8,10-11,14H,3,7,9,17H2,1-2H3,(H,18,19). The molecule has 0 amide bonds. The van der Waals surface area contributed by atoms with Gasteiger partial charge in [-0.1, -0.05) is 44.0 Å². The van der Waals surface area contributed by atoms with Crippen molar-refractivity contribution in [1.29, 1.82) is 0 Å². The molecular formula is C15H22ClNO2. The number of carbonyl (C=O) groups is 1. The van der Waals surface area contributed by atoms with Gasteiger partial charge >= 0.3 is 5.97 Å². The Labute approximate surface area is 119 Å². The maximum atomic E-state index is 10.7. The van der Waals surface area contributed by atoms with Crippen LogP contribution in [0.15, 0.2) is 24.3 Å². The first-order valence-corrected chi connectivity index (χ1v) is 7.04. The zero-order valence-electron chi connectivity index (χ0n) is 11.5. The topological polar surface area (TPSA) is 63.3 Å². The summed E-state index contributed by atoms with van der Waals surface area (Å²) >= 11 is 5.99. The van der Waals surface area contributed by atoms with Crippen molar-refractivity contribution in [3.05, 3.63) is 34.9 Å². The minimum atomic E-state index is -0.832. The van der Waals surface area contributed by atoms with E-state index < -0.39 is 5.97 Å². The molecule has 3 atom stereocenters. The van der Waals surface area contributed by atoms with Crippen molar-refractivity contribution in [2.45, 2.75) is 45.1 Å². The van der Waals surface area contributed by atoms with E-state index >= 15 is 0 Å². The van der Waals surface area contributed by atoms with Crippen LogP contribution in [0.5, 0.6) is 0 Å². The largest absolute Gasteiger partial charge is 0.481 e. The molecule has 0 saturated heterocycles. The SMILES string of the molecule is CCC(CC(C)c1cccc(Cl)c1)C(N)CC(=O)O. The van der Waals surface area contributed by atoms with E-state index in [0.29, 0.717) is 5.92 Å². The Hall–Kier alpha value is -1.06. The second kappa shape index (κ2) is 7.51. The molecule has 3 unspecified atom stereocenters. The zero-order valence-corrected chi connectivity index (χ0v) is 12.2. The van der Waals surface area contributed by atoms with E-state index in [1.54, 1.807) is 0 Å². The van der Waals surface area contributed by atoms with Gasteiger partial charge in [0.2, 0.25) is 0 Å². The Bertz CT molecular complexity index is 422. The normalized spacial score (nSPS) is 15.8. The first kappa shape index (κ1) is 16.0. The van der Waals surface area contributed by atoms with Gasteiger partial charge < -0.3 is 10.8 Å². The third-order valence-electron chi connectivity index (χ3n) is 3.61. The molecule has 0 heterocycles. The molecule has 1 aromatic rings. The van der Waals surface area contributed by atoms with Gasteiger partial charge in [-0.05, 0) is 36.0 Å². The number of halogens is 1. The van der Waals surface area contributed by atoms with Crippen molar-refractivity contribution in [2.75, 3.05) is 0 Å². The average Bonchev–Trinajstić information content (AvgIpc) is 2.34. The van der Waals surface area contributed by atoms with E-state index in [-0.39, 0.29) is 18.4 Å². The second-order valence-corrected chi connectivity index (χ2v) is 5.56. The van der Waals surface area contributed by atoms with Crippen LogP contribution in [0.4, 0.5) is 0 Å². The van der Waals surface area contributed by atoms with Gasteiger partial charge in [0, 0.05) is 11.1 Å². The third-order valence-corrected chi connectivity index (χ3v) is 3.85. The molecule has 0 fully saturated rings. The molecule has 19 heavy (non-hydrogen) atoms. The summed E-state index contributed by atoms with van der Waals surface area (Å²) in [5, 5.41) is 9.55. The number of carboxylic acid groups (broad SMARTS) is 1. The Kier molecular flexibility index (Phi) is 6.32. The molecule has 1 rings (SSSR count). The Morgan fingerprint density at radius 2 is 2.16 bits per heavy atom. The molecule has 0 aliphatic heterocycles. The maximum Gasteiger partial charge on any atom is 0.304 e. The number of carboxylic acids is 1. The summed E-state index contributed by atoms with van der Waals surface area (Å²) < 4.78 is 0. The Balaban J connectivity index is 2.67. The molecular weight excluding hydrogens is 262 g/mol. The van der Waals surface area contributed by atoms with Gasteiger partial charge in [0.15, 0.2) is 0 Å². The van der Waals surface area contributed by atoms with E-state index in [1.165, 1.54) is 5.56 Å². The fourth-order valence-corrected chi connectivity index (χ4v) is 2.61. The highest BCUT2D eigenvalue weighted by atomic mass is 35.5. The van der Waals surface area contributed by atoms with Crippen LogP contribution < -0.4 is 5.73 Å². The third kappa shape index (κ3) is 5.21. The van der Waals surface area contributed by atoms with E-state index in [2.05, 4.69) is 13.8 Å². The van der Waals surface area contributed by atoms with E-state index in [9.17, 15) is 4.79 Å². The van der Waals surface area contributed by atoms with Crippen molar-refractivity contribution < 1.29 is 9.90 Å². The summed E-state index contributed by atoms with van der Waals surface area (Å²) in [7, 11) is 0. The van der Waals surface area contributed by atoms with Crippen LogP contribution in [-0.4, -0.2) is 17.1 Å². The molecule has 4 heteroatoms. The molecule has 0 aromatic heterocycles. The van der Waals surface area contributed by atoms with Crippen molar-refractivity contribution in [2.24, 2.45) is 11.7 Å². The molecule has 3 nitrogen and oxygen atoms in total. The lowest BCUT2D eigenvalue weighted by molar-refractivity contribution is -0.137. The monoisotopic (exact) mass is 283 g/mol. The highest BCUT2D eigenvalue weighted by Gasteiger charge is 2.21. The van der Waals surface area contributed by atoms with Crippen LogP contribution in [0.3, 0.4) is 0 Å². The summed E-state index contributed by atoms with van der Waals surface area (Å²) in [6.45, 7) is 4.18. The molecule has 0 radical (unpaired) electrons. The number of rotatable bonds is 7. The van der Waals surface area contributed by atoms with Crippen molar-refractivity contribution in [3.8, 4) is 0 Å². The fraction of sp³-hybridized carbons (Fsp3) is 0.533. The number of hydrogen-bond donors (Lipinski definition) is 2.